The highest BCUT2D eigenvalue weighted by atomic mass is 35.5. The van der Waals surface area contributed by atoms with E-state index in [1.807, 2.05) is 35.0 Å². The lowest BCUT2D eigenvalue weighted by Gasteiger charge is -2.30. The number of halogens is 1. The molecule has 0 unspecified atom stereocenters. The number of hydrogen-bond donors (Lipinski definition) is 0. The van der Waals surface area contributed by atoms with Crippen LogP contribution in [-0.4, -0.2) is 43.0 Å². The minimum Gasteiger partial charge on any atom is -0.337 e. The Kier molecular flexibility index (Phi) is 4.74. The SMILES string of the molecule is Cn1cc(C2CCN(C(=O)c3nc(-c4ccc(Cl)cc4)ns3)CC2)cn1. The van der Waals surface area contributed by atoms with Crippen molar-refractivity contribution >= 4 is 29.0 Å². The van der Waals surface area contributed by atoms with Crippen LogP contribution in [-0.2, 0) is 7.05 Å². The molecular weight excluding hydrogens is 370 g/mol. The van der Waals surface area contributed by atoms with Crippen molar-refractivity contribution in [1.82, 2.24) is 24.0 Å². The third-order valence-electron chi connectivity index (χ3n) is 4.69. The van der Waals surface area contributed by atoms with Gasteiger partial charge in [-0.05, 0) is 60.1 Å². The average molecular weight is 388 g/mol. The Morgan fingerprint density at radius 3 is 2.62 bits per heavy atom. The van der Waals surface area contributed by atoms with E-state index >= 15 is 0 Å². The molecule has 6 nitrogen and oxygen atoms in total. The van der Waals surface area contributed by atoms with Crippen LogP contribution < -0.4 is 0 Å². The van der Waals surface area contributed by atoms with Crippen LogP contribution in [0.1, 0.15) is 34.1 Å². The van der Waals surface area contributed by atoms with Crippen molar-refractivity contribution in [3.05, 3.63) is 52.3 Å². The molecule has 134 valence electrons. The molecule has 1 aromatic carbocycles. The van der Waals surface area contributed by atoms with Crippen LogP contribution in [0.25, 0.3) is 11.4 Å². The lowest BCUT2D eigenvalue weighted by atomic mass is 9.91. The highest BCUT2D eigenvalue weighted by molar-refractivity contribution is 7.07. The largest absolute Gasteiger partial charge is 0.337 e. The third-order valence-corrected chi connectivity index (χ3v) is 5.64. The molecule has 0 saturated carbocycles. The molecule has 3 aromatic rings. The van der Waals surface area contributed by atoms with Crippen molar-refractivity contribution < 1.29 is 4.79 Å². The molecule has 8 heteroatoms. The van der Waals surface area contributed by atoms with Gasteiger partial charge in [-0.2, -0.15) is 9.47 Å². The maximum absolute atomic E-state index is 12.7. The molecule has 2 aromatic heterocycles. The summed E-state index contributed by atoms with van der Waals surface area (Å²) in [5.41, 5.74) is 2.11. The number of carbonyl (C=O) groups excluding carboxylic acids is 1. The average Bonchev–Trinajstić information content (AvgIpc) is 3.31. The van der Waals surface area contributed by atoms with Gasteiger partial charge in [0.2, 0.25) is 5.01 Å². The summed E-state index contributed by atoms with van der Waals surface area (Å²) in [5, 5.41) is 5.35. The summed E-state index contributed by atoms with van der Waals surface area (Å²) in [7, 11) is 1.93. The number of carbonyl (C=O) groups is 1. The summed E-state index contributed by atoms with van der Waals surface area (Å²) in [5.74, 6) is 0.999. The summed E-state index contributed by atoms with van der Waals surface area (Å²) >= 11 is 7.06. The van der Waals surface area contributed by atoms with Crippen molar-refractivity contribution in [3.8, 4) is 11.4 Å². The minimum absolute atomic E-state index is 0.0349. The fraction of sp³-hybridized carbons (Fsp3) is 0.333. The molecule has 26 heavy (non-hydrogen) atoms. The molecule has 1 saturated heterocycles. The summed E-state index contributed by atoms with van der Waals surface area (Å²) in [4.78, 5) is 19.0. The first-order chi connectivity index (χ1) is 12.6. The number of aryl methyl sites for hydroxylation is 1. The van der Waals surface area contributed by atoms with Crippen molar-refractivity contribution in [2.75, 3.05) is 13.1 Å². The topological polar surface area (TPSA) is 63.9 Å². The predicted octanol–water partition coefficient (Wildman–Crippen LogP) is 3.61. The Balaban J connectivity index is 1.42. The van der Waals surface area contributed by atoms with Gasteiger partial charge in [0.05, 0.1) is 6.20 Å². The van der Waals surface area contributed by atoms with Gasteiger partial charge in [0, 0.05) is 36.9 Å². The Morgan fingerprint density at radius 1 is 1.23 bits per heavy atom. The van der Waals surface area contributed by atoms with Crippen LogP contribution in [0.4, 0.5) is 0 Å². The van der Waals surface area contributed by atoms with Crippen molar-refractivity contribution in [2.24, 2.45) is 7.05 Å². The van der Waals surface area contributed by atoms with Gasteiger partial charge >= 0.3 is 0 Å². The quantitative estimate of drug-likeness (QED) is 0.688. The monoisotopic (exact) mass is 387 g/mol. The molecular formula is C18H18ClN5OS. The minimum atomic E-state index is -0.0349. The van der Waals surface area contributed by atoms with E-state index in [4.69, 9.17) is 11.6 Å². The van der Waals surface area contributed by atoms with Gasteiger partial charge in [-0.15, -0.1) is 0 Å². The highest BCUT2D eigenvalue weighted by Gasteiger charge is 2.27. The molecule has 0 radical (unpaired) electrons. The maximum Gasteiger partial charge on any atom is 0.284 e. The Morgan fingerprint density at radius 2 is 1.96 bits per heavy atom. The second kappa shape index (κ2) is 7.17. The summed E-state index contributed by atoms with van der Waals surface area (Å²) < 4.78 is 6.15. The van der Waals surface area contributed by atoms with E-state index in [2.05, 4.69) is 20.7 Å². The van der Waals surface area contributed by atoms with Gasteiger partial charge in [0.25, 0.3) is 5.91 Å². The molecule has 1 aliphatic rings. The Hall–Kier alpha value is -2.25. The van der Waals surface area contributed by atoms with E-state index in [-0.39, 0.29) is 5.91 Å². The zero-order valence-electron chi connectivity index (χ0n) is 14.3. The van der Waals surface area contributed by atoms with Crippen molar-refractivity contribution in [3.63, 3.8) is 0 Å². The number of piperidine rings is 1. The van der Waals surface area contributed by atoms with E-state index in [0.717, 1.165) is 43.0 Å². The molecule has 1 amide bonds. The van der Waals surface area contributed by atoms with Crippen LogP contribution >= 0.6 is 23.1 Å². The van der Waals surface area contributed by atoms with Crippen molar-refractivity contribution in [2.45, 2.75) is 18.8 Å². The summed E-state index contributed by atoms with van der Waals surface area (Å²) in [6, 6.07) is 7.31. The van der Waals surface area contributed by atoms with E-state index in [1.54, 1.807) is 12.1 Å². The van der Waals surface area contributed by atoms with E-state index in [1.165, 1.54) is 5.56 Å². The molecule has 0 bridgehead atoms. The fourth-order valence-electron chi connectivity index (χ4n) is 3.23. The smallest absolute Gasteiger partial charge is 0.284 e. The number of likely N-dealkylation sites (tertiary alicyclic amines) is 1. The number of benzene rings is 1. The number of nitrogens with zero attached hydrogens (tertiary/aromatic N) is 5. The summed E-state index contributed by atoms with van der Waals surface area (Å²) in [6.07, 6.45) is 5.87. The van der Waals surface area contributed by atoms with Gasteiger partial charge in [0.1, 0.15) is 0 Å². The van der Waals surface area contributed by atoms with Gasteiger partial charge in [-0.25, -0.2) is 4.98 Å². The number of aromatic nitrogens is 4. The maximum atomic E-state index is 12.7. The first kappa shape index (κ1) is 17.2. The second-order valence-electron chi connectivity index (χ2n) is 6.44. The first-order valence-electron chi connectivity index (χ1n) is 8.47. The molecule has 0 aliphatic carbocycles. The van der Waals surface area contributed by atoms with Crippen LogP contribution in [0.5, 0.6) is 0 Å². The molecule has 0 atom stereocenters. The van der Waals surface area contributed by atoms with Gasteiger partial charge in [-0.1, -0.05) is 11.6 Å². The van der Waals surface area contributed by atoms with Crippen LogP contribution in [0, 0.1) is 0 Å². The third kappa shape index (κ3) is 3.50. The van der Waals surface area contributed by atoms with Gasteiger partial charge < -0.3 is 4.90 Å². The second-order valence-corrected chi connectivity index (χ2v) is 7.63. The Bertz CT molecular complexity index is 912. The standard InChI is InChI=1S/C18H18ClN5OS/c1-23-11-14(10-20-23)12-6-8-24(9-7-12)18(25)17-21-16(22-26-17)13-2-4-15(19)5-3-13/h2-5,10-12H,6-9H2,1H3. The molecule has 4 rings (SSSR count). The zero-order chi connectivity index (χ0) is 18.1. The first-order valence-corrected chi connectivity index (χ1v) is 9.63. The number of hydrogen-bond acceptors (Lipinski definition) is 5. The lowest BCUT2D eigenvalue weighted by Crippen LogP contribution is -2.37. The molecule has 0 spiro atoms. The molecule has 3 heterocycles. The molecule has 0 N–H and O–H groups in total. The predicted molar refractivity (Wildman–Crippen MR) is 101 cm³/mol. The molecule has 1 aliphatic heterocycles. The van der Waals surface area contributed by atoms with E-state index in [0.29, 0.717) is 21.8 Å². The van der Waals surface area contributed by atoms with E-state index < -0.39 is 0 Å². The fourth-order valence-corrected chi connectivity index (χ4v) is 4.01. The van der Waals surface area contributed by atoms with E-state index in [9.17, 15) is 4.79 Å². The van der Waals surface area contributed by atoms with Crippen LogP contribution in [0.3, 0.4) is 0 Å². The van der Waals surface area contributed by atoms with Crippen molar-refractivity contribution in [1.29, 1.82) is 0 Å². The highest BCUT2D eigenvalue weighted by Crippen LogP contribution is 2.29. The summed E-state index contributed by atoms with van der Waals surface area (Å²) in [6.45, 7) is 1.46. The Labute approximate surface area is 160 Å². The van der Waals surface area contributed by atoms with Gasteiger partial charge in [0.15, 0.2) is 5.82 Å². The normalized spacial score (nSPS) is 15.4. The van der Waals surface area contributed by atoms with Crippen LogP contribution in [0.2, 0.25) is 5.02 Å². The number of rotatable bonds is 3. The van der Waals surface area contributed by atoms with Gasteiger partial charge in [-0.3, -0.25) is 9.48 Å². The zero-order valence-corrected chi connectivity index (χ0v) is 15.9. The molecule has 1 fully saturated rings. The van der Waals surface area contributed by atoms with Crippen LogP contribution in [0.15, 0.2) is 36.7 Å². The lowest BCUT2D eigenvalue weighted by molar-refractivity contribution is 0.0712. The number of amides is 1.